The second-order valence-electron chi connectivity index (χ2n) is 3.58. The molecule has 0 N–H and O–H groups in total. The van der Waals surface area contributed by atoms with Gasteiger partial charge in [0.2, 0.25) is 0 Å². The SMILES string of the molecule is Cc1nc(Br)cc(-c2cc(F)ccc2C)n1. The topological polar surface area (TPSA) is 25.8 Å². The molecule has 0 fully saturated rings. The van der Waals surface area contributed by atoms with Crippen molar-refractivity contribution in [2.45, 2.75) is 13.8 Å². The third kappa shape index (κ3) is 2.27. The van der Waals surface area contributed by atoms with Crippen molar-refractivity contribution in [3.63, 3.8) is 0 Å². The first-order valence-corrected chi connectivity index (χ1v) is 5.63. The summed E-state index contributed by atoms with van der Waals surface area (Å²) in [5, 5.41) is 0. The van der Waals surface area contributed by atoms with Crippen LogP contribution in [0.1, 0.15) is 11.4 Å². The van der Waals surface area contributed by atoms with Gasteiger partial charge in [0.1, 0.15) is 16.2 Å². The van der Waals surface area contributed by atoms with Crippen LogP contribution in [-0.4, -0.2) is 9.97 Å². The summed E-state index contributed by atoms with van der Waals surface area (Å²) in [6, 6.07) is 6.47. The van der Waals surface area contributed by atoms with Gasteiger partial charge in [-0.25, -0.2) is 14.4 Å². The molecule has 0 aliphatic heterocycles. The van der Waals surface area contributed by atoms with Crippen LogP contribution >= 0.6 is 15.9 Å². The Morgan fingerprint density at radius 3 is 2.56 bits per heavy atom. The molecule has 0 saturated heterocycles. The standard InChI is InChI=1S/C12H10BrFN2/c1-7-3-4-9(14)5-10(7)11-6-12(13)16-8(2)15-11/h3-6H,1-2H3. The molecule has 0 aliphatic carbocycles. The number of hydrogen-bond acceptors (Lipinski definition) is 2. The number of rotatable bonds is 1. The molecule has 0 spiro atoms. The Balaban J connectivity index is 2.62. The van der Waals surface area contributed by atoms with E-state index in [1.165, 1.54) is 12.1 Å². The number of hydrogen-bond donors (Lipinski definition) is 0. The molecular formula is C12H10BrFN2. The molecule has 0 saturated carbocycles. The monoisotopic (exact) mass is 280 g/mol. The average Bonchev–Trinajstić information content (AvgIpc) is 2.20. The van der Waals surface area contributed by atoms with Crippen LogP contribution in [0.3, 0.4) is 0 Å². The van der Waals surface area contributed by atoms with Crippen LogP contribution in [0, 0.1) is 19.7 Å². The van der Waals surface area contributed by atoms with Crippen molar-refractivity contribution in [2.24, 2.45) is 0 Å². The lowest BCUT2D eigenvalue weighted by molar-refractivity contribution is 0.628. The summed E-state index contributed by atoms with van der Waals surface area (Å²) in [5.74, 6) is 0.404. The largest absolute Gasteiger partial charge is 0.233 e. The van der Waals surface area contributed by atoms with Crippen molar-refractivity contribution in [2.75, 3.05) is 0 Å². The molecule has 4 heteroatoms. The highest BCUT2D eigenvalue weighted by molar-refractivity contribution is 9.10. The minimum absolute atomic E-state index is 0.256. The van der Waals surface area contributed by atoms with Crippen LogP contribution in [0.25, 0.3) is 11.3 Å². The Hall–Kier alpha value is -1.29. The van der Waals surface area contributed by atoms with Crippen molar-refractivity contribution in [3.8, 4) is 11.3 Å². The normalized spacial score (nSPS) is 10.5. The van der Waals surface area contributed by atoms with Gasteiger partial charge in [-0.2, -0.15) is 0 Å². The van der Waals surface area contributed by atoms with E-state index in [4.69, 9.17) is 0 Å². The van der Waals surface area contributed by atoms with Gasteiger partial charge in [0.15, 0.2) is 0 Å². The number of aromatic nitrogens is 2. The molecule has 0 radical (unpaired) electrons. The van der Waals surface area contributed by atoms with E-state index in [9.17, 15) is 4.39 Å². The van der Waals surface area contributed by atoms with E-state index in [1.54, 1.807) is 12.1 Å². The Kier molecular flexibility index (Phi) is 3.01. The second-order valence-corrected chi connectivity index (χ2v) is 4.39. The van der Waals surface area contributed by atoms with Gasteiger partial charge in [-0.15, -0.1) is 0 Å². The van der Waals surface area contributed by atoms with E-state index in [0.717, 1.165) is 16.8 Å². The quantitative estimate of drug-likeness (QED) is 0.745. The minimum atomic E-state index is -0.256. The minimum Gasteiger partial charge on any atom is -0.233 e. The van der Waals surface area contributed by atoms with Crippen molar-refractivity contribution >= 4 is 15.9 Å². The van der Waals surface area contributed by atoms with Gasteiger partial charge in [0.25, 0.3) is 0 Å². The number of benzene rings is 1. The maximum absolute atomic E-state index is 13.2. The van der Waals surface area contributed by atoms with Gasteiger partial charge in [0.05, 0.1) is 5.69 Å². The molecular weight excluding hydrogens is 271 g/mol. The molecule has 0 atom stereocenters. The molecule has 1 heterocycles. The smallest absolute Gasteiger partial charge is 0.127 e. The Morgan fingerprint density at radius 2 is 1.88 bits per heavy atom. The molecule has 16 heavy (non-hydrogen) atoms. The van der Waals surface area contributed by atoms with Gasteiger partial charge >= 0.3 is 0 Å². The van der Waals surface area contributed by atoms with E-state index in [-0.39, 0.29) is 5.82 Å². The van der Waals surface area contributed by atoms with E-state index >= 15 is 0 Å². The summed E-state index contributed by atoms with van der Waals surface area (Å²) < 4.78 is 13.9. The lowest BCUT2D eigenvalue weighted by Crippen LogP contribution is -1.94. The van der Waals surface area contributed by atoms with Gasteiger partial charge in [-0.05, 0) is 53.5 Å². The average molecular weight is 281 g/mol. The third-order valence-corrected chi connectivity index (χ3v) is 2.69. The van der Waals surface area contributed by atoms with Crippen molar-refractivity contribution in [1.82, 2.24) is 9.97 Å². The zero-order chi connectivity index (χ0) is 11.7. The van der Waals surface area contributed by atoms with Crippen LogP contribution in [0.5, 0.6) is 0 Å². The fraction of sp³-hybridized carbons (Fsp3) is 0.167. The van der Waals surface area contributed by atoms with Crippen LogP contribution < -0.4 is 0 Å². The number of nitrogens with zero attached hydrogens (tertiary/aromatic N) is 2. The summed E-state index contributed by atoms with van der Waals surface area (Å²) in [7, 11) is 0. The second kappa shape index (κ2) is 4.29. The predicted octanol–water partition coefficient (Wildman–Crippen LogP) is 3.66. The molecule has 0 amide bonds. The van der Waals surface area contributed by atoms with Crippen LogP contribution in [-0.2, 0) is 0 Å². The molecule has 2 aromatic rings. The fourth-order valence-electron chi connectivity index (χ4n) is 1.54. The van der Waals surface area contributed by atoms with E-state index in [1.807, 2.05) is 13.8 Å². The van der Waals surface area contributed by atoms with Crippen LogP contribution in [0.2, 0.25) is 0 Å². The molecule has 0 bridgehead atoms. The predicted molar refractivity (Wildman–Crippen MR) is 64.6 cm³/mol. The van der Waals surface area contributed by atoms with Gasteiger partial charge < -0.3 is 0 Å². The lowest BCUT2D eigenvalue weighted by atomic mass is 10.1. The van der Waals surface area contributed by atoms with Crippen molar-refractivity contribution < 1.29 is 4.39 Å². The fourth-order valence-corrected chi connectivity index (χ4v) is 2.01. The molecule has 1 aromatic carbocycles. The molecule has 2 nitrogen and oxygen atoms in total. The van der Waals surface area contributed by atoms with Gasteiger partial charge in [-0.1, -0.05) is 6.07 Å². The highest BCUT2D eigenvalue weighted by Crippen LogP contribution is 2.24. The first kappa shape index (κ1) is 11.2. The van der Waals surface area contributed by atoms with Crippen molar-refractivity contribution in [3.05, 3.63) is 46.1 Å². The molecule has 82 valence electrons. The van der Waals surface area contributed by atoms with E-state index in [0.29, 0.717) is 10.4 Å². The van der Waals surface area contributed by atoms with E-state index < -0.39 is 0 Å². The molecule has 1 aromatic heterocycles. The van der Waals surface area contributed by atoms with Gasteiger partial charge in [-0.3, -0.25) is 0 Å². The maximum atomic E-state index is 13.2. The molecule has 2 rings (SSSR count). The highest BCUT2D eigenvalue weighted by atomic mass is 79.9. The molecule has 0 aliphatic rings. The zero-order valence-electron chi connectivity index (χ0n) is 8.96. The third-order valence-electron chi connectivity index (χ3n) is 2.28. The number of aryl methyl sites for hydroxylation is 2. The first-order chi connectivity index (χ1) is 7.56. The first-order valence-electron chi connectivity index (χ1n) is 4.84. The highest BCUT2D eigenvalue weighted by Gasteiger charge is 2.07. The van der Waals surface area contributed by atoms with Crippen molar-refractivity contribution in [1.29, 1.82) is 0 Å². The lowest BCUT2D eigenvalue weighted by Gasteiger charge is -2.06. The molecule has 0 unspecified atom stereocenters. The van der Waals surface area contributed by atoms with Crippen LogP contribution in [0.15, 0.2) is 28.9 Å². The van der Waals surface area contributed by atoms with Gasteiger partial charge in [0, 0.05) is 5.56 Å². The maximum Gasteiger partial charge on any atom is 0.127 e. The zero-order valence-corrected chi connectivity index (χ0v) is 10.5. The summed E-state index contributed by atoms with van der Waals surface area (Å²) in [6.45, 7) is 3.74. The Bertz CT molecular complexity index is 520. The number of halogens is 2. The van der Waals surface area contributed by atoms with E-state index in [2.05, 4.69) is 25.9 Å². The Labute approximate surface area is 102 Å². The summed E-state index contributed by atoms with van der Waals surface area (Å²) in [6.07, 6.45) is 0. The summed E-state index contributed by atoms with van der Waals surface area (Å²) in [5.41, 5.74) is 2.52. The summed E-state index contributed by atoms with van der Waals surface area (Å²) >= 11 is 3.31. The Morgan fingerprint density at radius 1 is 1.12 bits per heavy atom. The van der Waals surface area contributed by atoms with Crippen LogP contribution in [0.4, 0.5) is 4.39 Å². The summed E-state index contributed by atoms with van der Waals surface area (Å²) in [4.78, 5) is 8.42.